The van der Waals surface area contributed by atoms with Gasteiger partial charge in [-0.2, -0.15) is 0 Å². The molecule has 0 saturated heterocycles. The van der Waals surface area contributed by atoms with Crippen LogP contribution in [0.5, 0.6) is 0 Å². The van der Waals surface area contributed by atoms with Gasteiger partial charge in [-0.3, -0.25) is 0 Å². The largest absolute Gasteiger partial charge is 0.380 e. The monoisotopic (exact) mass is 212 g/mol. The van der Waals surface area contributed by atoms with Crippen molar-refractivity contribution >= 4 is 11.8 Å². The van der Waals surface area contributed by atoms with Gasteiger partial charge in [0.25, 0.3) is 0 Å². The molecule has 0 aromatic heterocycles. The van der Waals surface area contributed by atoms with E-state index in [4.69, 9.17) is 4.74 Å². The van der Waals surface area contributed by atoms with Gasteiger partial charge in [0.1, 0.15) is 5.83 Å². The predicted molar refractivity (Wildman–Crippen MR) is 57.8 cm³/mol. The Morgan fingerprint density at radius 3 is 3.14 bits per heavy atom. The second kappa shape index (κ2) is 3.55. The van der Waals surface area contributed by atoms with Gasteiger partial charge in [0, 0.05) is 13.0 Å². The van der Waals surface area contributed by atoms with E-state index >= 15 is 0 Å². The third kappa shape index (κ3) is 1.35. The molecule has 2 aliphatic rings. The third-order valence-corrected chi connectivity index (χ3v) is 4.14. The summed E-state index contributed by atoms with van der Waals surface area (Å²) in [7, 11) is 1.67. The molecule has 0 bridgehead atoms. The van der Waals surface area contributed by atoms with Crippen LogP contribution in [0.2, 0.25) is 0 Å². The summed E-state index contributed by atoms with van der Waals surface area (Å²) in [6.07, 6.45) is 5.39. The molecule has 3 heteroatoms. The summed E-state index contributed by atoms with van der Waals surface area (Å²) in [5.41, 5.74) is 1.17. The van der Waals surface area contributed by atoms with Gasteiger partial charge in [0.05, 0.1) is 11.4 Å². The van der Waals surface area contributed by atoms with Gasteiger partial charge in [-0.1, -0.05) is 12.2 Å². The van der Waals surface area contributed by atoms with Crippen molar-refractivity contribution in [3.8, 4) is 0 Å². The fraction of sp³-hybridized carbons (Fsp3) is 0.455. The van der Waals surface area contributed by atoms with Crippen molar-refractivity contribution in [1.82, 2.24) is 0 Å². The van der Waals surface area contributed by atoms with Crippen molar-refractivity contribution in [3.05, 3.63) is 35.0 Å². The summed E-state index contributed by atoms with van der Waals surface area (Å²) in [5, 5.41) is 2.03. The molecule has 76 valence electrons. The molecule has 0 amide bonds. The number of halogens is 1. The number of ether oxygens (including phenoxy) is 1. The molecule has 1 heterocycles. The summed E-state index contributed by atoms with van der Waals surface area (Å²) < 4.78 is 18.3. The van der Waals surface area contributed by atoms with E-state index in [-0.39, 0.29) is 11.7 Å². The van der Waals surface area contributed by atoms with E-state index in [0.717, 1.165) is 0 Å². The quantitative estimate of drug-likeness (QED) is 0.695. The van der Waals surface area contributed by atoms with Gasteiger partial charge >= 0.3 is 0 Å². The second-order valence-electron chi connectivity index (χ2n) is 3.73. The van der Waals surface area contributed by atoms with Crippen molar-refractivity contribution in [2.75, 3.05) is 13.7 Å². The molecule has 0 spiro atoms. The third-order valence-electron chi connectivity index (χ3n) is 2.78. The molecule has 2 atom stereocenters. The number of allylic oxidation sites excluding steroid dienone is 3. The summed E-state index contributed by atoms with van der Waals surface area (Å²) in [4.78, 5) is 0. The fourth-order valence-electron chi connectivity index (χ4n) is 1.92. The molecule has 2 rings (SSSR count). The van der Waals surface area contributed by atoms with E-state index in [1.54, 1.807) is 31.0 Å². The second-order valence-corrected chi connectivity index (χ2v) is 5.05. The Hall–Kier alpha value is -0.540. The number of hydrogen-bond acceptors (Lipinski definition) is 2. The van der Waals surface area contributed by atoms with E-state index in [1.807, 2.05) is 18.4 Å². The van der Waals surface area contributed by atoms with Crippen LogP contribution in [-0.4, -0.2) is 18.5 Å². The Morgan fingerprint density at radius 1 is 1.64 bits per heavy atom. The predicted octanol–water partition coefficient (Wildman–Crippen LogP) is 3.06. The van der Waals surface area contributed by atoms with E-state index in [1.165, 1.54) is 5.57 Å². The molecule has 0 radical (unpaired) electrons. The summed E-state index contributed by atoms with van der Waals surface area (Å²) >= 11 is 1.55. The van der Waals surface area contributed by atoms with Gasteiger partial charge < -0.3 is 4.74 Å². The van der Waals surface area contributed by atoms with Crippen LogP contribution in [0.3, 0.4) is 0 Å². The molecule has 0 saturated carbocycles. The minimum atomic E-state index is -0.428. The first-order valence-corrected chi connectivity index (χ1v) is 5.46. The number of hydrogen-bond donors (Lipinski definition) is 0. The SMILES string of the molecule is COCC1=CSC2(C)C(F)=CC=CC12. The normalized spacial score (nSPS) is 35.2. The molecule has 1 nitrogen and oxygen atoms in total. The number of fused-ring (bicyclic) bond motifs is 1. The Morgan fingerprint density at radius 2 is 2.43 bits per heavy atom. The molecule has 0 aromatic rings. The van der Waals surface area contributed by atoms with Crippen molar-refractivity contribution in [2.45, 2.75) is 11.7 Å². The maximum Gasteiger partial charge on any atom is 0.117 e. The molecule has 14 heavy (non-hydrogen) atoms. The highest BCUT2D eigenvalue weighted by Gasteiger charge is 2.44. The summed E-state index contributed by atoms with van der Waals surface area (Å²) in [6.45, 7) is 2.53. The highest BCUT2D eigenvalue weighted by atomic mass is 32.2. The molecule has 1 aliphatic carbocycles. The summed E-state index contributed by atoms with van der Waals surface area (Å²) in [5.74, 6) is 0.106. The molecule has 0 N–H and O–H groups in total. The van der Waals surface area contributed by atoms with Gasteiger partial charge in [-0.15, -0.1) is 11.8 Å². The van der Waals surface area contributed by atoms with Gasteiger partial charge in [-0.05, 0) is 24.0 Å². The van der Waals surface area contributed by atoms with Crippen LogP contribution in [-0.2, 0) is 4.74 Å². The van der Waals surface area contributed by atoms with E-state index in [0.29, 0.717) is 6.61 Å². The topological polar surface area (TPSA) is 9.23 Å². The zero-order chi connectivity index (χ0) is 10.2. The number of rotatable bonds is 2. The van der Waals surface area contributed by atoms with E-state index < -0.39 is 4.75 Å². The lowest BCUT2D eigenvalue weighted by molar-refractivity contribution is 0.217. The lowest BCUT2D eigenvalue weighted by atomic mass is 9.83. The smallest absolute Gasteiger partial charge is 0.117 e. The standard InChI is InChI=1S/C11H13FOS/c1-11-9(4-3-5-10(11)12)8(6-13-2)7-14-11/h3-5,7,9H,6H2,1-2H3. The first-order chi connectivity index (χ1) is 6.68. The van der Waals surface area contributed by atoms with Crippen molar-refractivity contribution in [1.29, 1.82) is 0 Å². The van der Waals surface area contributed by atoms with Crippen molar-refractivity contribution in [2.24, 2.45) is 5.92 Å². The van der Waals surface area contributed by atoms with Crippen molar-refractivity contribution in [3.63, 3.8) is 0 Å². The van der Waals surface area contributed by atoms with Crippen LogP contribution in [0, 0.1) is 5.92 Å². The van der Waals surface area contributed by atoms with Crippen LogP contribution in [0.4, 0.5) is 4.39 Å². The average Bonchev–Trinajstić information content (AvgIpc) is 2.48. The highest BCUT2D eigenvalue weighted by Crippen LogP contribution is 2.52. The molecular weight excluding hydrogens is 199 g/mol. The van der Waals surface area contributed by atoms with Gasteiger partial charge in [0.15, 0.2) is 0 Å². The van der Waals surface area contributed by atoms with Gasteiger partial charge in [0.2, 0.25) is 0 Å². The molecular formula is C11H13FOS. The first kappa shape index (κ1) is 9.99. The Labute approximate surface area is 87.7 Å². The Bertz CT molecular complexity index is 332. The minimum Gasteiger partial charge on any atom is -0.380 e. The van der Waals surface area contributed by atoms with E-state index in [9.17, 15) is 4.39 Å². The number of methoxy groups -OCH3 is 1. The molecule has 0 aromatic carbocycles. The van der Waals surface area contributed by atoms with Crippen LogP contribution in [0.1, 0.15) is 6.92 Å². The van der Waals surface area contributed by atoms with Gasteiger partial charge in [-0.25, -0.2) is 4.39 Å². The van der Waals surface area contributed by atoms with Crippen molar-refractivity contribution < 1.29 is 9.13 Å². The maximum absolute atomic E-state index is 13.7. The Kier molecular flexibility index (Phi) is 2.54. The van der Waals surface area contributed by atoms with Crippen LogP contribution in [0.25, 0.3) is 0 Å². The molecule has 2 unspecified atom stereocenters. The van der Waals surface area contributed by atoms with Crippen LogP contribution >= 0.6 is 11.8 Å². The Balaban J connectivity index is 2.26. The fourth-order valence-corrected chi connectivity index (χ4v) is 3.09. The zero-order valence-electron chi connectivity index (χ0n) is 8.29. The lowest BCUT2D eigenvalue weighted by Crippen LogP contribution is -2.30. The van der Waals surface area contributed by atoms with E-state index in [2.05, 4.69) is 0 Å². The highest BCUT2D eigenvalue weighted by molar-refractivity contribution is 8.04. The summed E-state index contributed by atoms with van der Waals surface area (Å²) in [6, 6.07) is 0. The number of thioether (sulfide) groups is 1. The average molecular weight is 212 g/mol. The molecule has 0 fully saturated rings. The van der Waals surface area contributed by atoms with Crippen LogP contribution < -0.4 is 0 Å². The zero-order valence-corrected chi connectivity index (χ0v) is 9.10. The minimum absolute atomic E-state index is 0.0441. The first-order valence-electron chi connectivity index (χ1n) is 4.58. The lowest BCUT2D eigenvalue weighted by Gasteiger charge is -2.31. The van der Waals surface area contributed by atoms with Crippen LogP contribution in [0.15, 0.2) is 35.0 Å². The molecule has 1 aliphatic heterocycles. The maximum atomic E-state index is 13.7.